The highest BCUT2D eigenvalue weighted by Crippen LogP contribution is 2.36. The van der Waals surface area contributed by atoms with Gasteiger partial charge in [-0.3, -0.25) is 4.79 Å². The van der Waals surface area contributed by atoms with Crippen molar-refractivity contribution >= 4 is 43.5 Å². The number of hydrogen-bond acceptors (Lipinski definition) is 2. The number of carbonyl (C=O) groups is 1. The number of anilines is 1. The van der Waals surface area contributed by atoms with Crippen LogP contribution in [0.5, 0.6) is 0 Å². The molecule has 20 heavy (non-hydrogen) atoms. The second-order valence-electron chi connectivity index (χ2n) is 5.19. The highest BCUT2D eigenvalue weighted by molar-refractivity contribution is 9.11. The van der Waals surface area contributed by atoms with Crippen molar-refractivity contribution in [1.29, 1.82) is 5.26 Å². The lowest BCUT2D eigenvalue weighted by atomic mass is 9.81. The van der Waals surface area contributed by atoms with Crippen LogP contribution in [-0.2, 0) is 4.79 Å². The summed E-state index contributed by atoms with van der Waals surface area (Å²) in [6, 6.07) is 7.87. The molecule has 0 atom stereocenters. The van der Waals surface area contributed by atoms with Crippen LogP contribution in [0.2, 0.25) is 0 Å². The molecule has 0 aliphatic heterocycles. The first kappa shape index (κ1) is 15.5. The number of rotatable bonds is 2. The summed E-state index contributed by atoms with van der Waals surface area (Å²) in [4.78, 5) is 12.6. The summed E-state index contributed by atoms with van der Waals surface area (Å²) in [6.07, 6.45) is 5.41. The van der Waals surface area contributed by atoms with Crippen LogP contribution in [0, 0.1) is 16.7 Å². The fourth-order valence-electron chi connectivity index (χ4n) is 2.56. The van der Waals surface area contributed by atoms with Gasteiger partial charge in [0.1, 0.15) is 5.41 Å². The number of halogens is 2. The molecule has 3 nitrogen and oxygen atoms in total. The van der Waals surface area contributed by atoms with Crippen molar-refractivity contribution in [2.75, 3.05) is 5.32 Å². The Morgan fingerprint density at radius 3 is 2.45 bits per heavy atom. The third kappa shape index (κ3) is 3.42. The van der Waals surface area contributed by atoms with Crippen LogP contribution in [-0.4, -0.2) is 5.91 Å². The smallest absolute Gasteiger partial charge is 0.244 e. The summed E-state index contributed by atoms with van der Waals surface area (Å²) in [5.74, 6) is -0.180. The lowest BCUT2D eigenvalue weighted by Gasteiger charge is -2.24. The molecule has 1 aromatic carbocycles. The molecular formula is C15H16Br2N2O. The Morgan fingerprint density at radius 1 is 1.20 bits per heavy atom. The molecule has 0 bridgehead atoms. The molecular weight excluding hydrogens is 384 g/mol. The molecule has 1 fully saturated rings. The summed E-state index contributed by atoms with van der Waals surface area (Å²) in [6.45, 7) is 0. The molecule has 0 radical (unpaired) electrons. The van der Waals surface area contributed by atoms with Crippen molar-refractivity contribution in [2.45, 2.75) is 38.5 Å². The Bertz CT molecular complexity index is 543. The Morgan fingerprint density at radius 2 is 1.85 bits per heavy atom. The molecule has 1 saturated carbocycles. The minimum atomic E-state index is -0.877. The van der Waals surface area contributed by atoms with Gasteiger partial charge >= 0.3 is 0 Å². The molecule has 0 aromatic heterocycles. The van der Waals surface area contributed by atoms with E-state index in [0.717, 1.165) is 34.6 Å². The van der Waals surface area contributed by atoms with Gasteiger partial charge in [-0.2, -0.15) is 5.26 Å². The topological polar surface area (TPSA) is 52.9 Å². The van der Waals surface area contributed by atoms with E-state index >= 15 is 0 Å². The van der Waals surface area contributed by atoms with Gasteiger partial charge in [-0.15, -0.1) is 0 Å². The van der Waals surface area contributed by atoms with E-state index in [-0.39, 0.29) is 5.91 Å². The first-order chi connectivity index (χ1) is 9.57. The lowest BCUT2D eigenvalue weighted by Crippen LogP contribution is -2.34. The average molecular weight is 400 g/mol. The number of carbonyl (C=O) groups excluding carboxylic acids is 1. The van der Waals surface area contributed by atoms with Crippen molar-refractivity contribution in [3.63, 3.8) is 0 Å². The lowest BCUT2D eigenvalue weighted by molar-refractivity contribution is -0.123. The maximum atomic E-state index is 12.6. The quantitative estimate of drug-likeness (QED) is 0.710. The monoisotopic (exact) mass is 398 g/mol. The molecule has 0 unspecified atom stereocenters. The third-order valence-corrected chi connectivity index (χ3v) is 4.97. The Hall–Kier alpha value is -0.860. The first-order valence-electron chi connectivity index (χ1n) is 6.75. The van der Waals surface area contributed by atoms with Crippen molar-refractivity contribution < 1.29 is 4.79 Å². The number of nitriles is 1. The second kappa shape index (κ2) is 6.73. The minimum absolute atomic E-state index is 0.180. The Kier molecular flexibility index (Phi) is 5.22. The summed E-state index contributed by atoms with van der Waals surface area (Å²) in [5.41, 5.74) is -0.179. The van der Waals surface area contributed by atoms with Gasteiger partial charge in [-0.05, 0) is 47.0 Å². The largest absolute Gasteiger partial charge is 0.324 e. The van der Waals surface area contributed by atoms with E-state index in [0.29, 0.717) is 18.5 Å². The predicted molar refractivity (Wildman–Crippen MR) is 86.2 cm³/mol. The van der Waals surface area contributed by atoms with E-state index in [9.17, 15) is 10.1 Å². The molecule has 1 amide bonds. The van der Waals surface area contributed by atoms with Gasteiger partial charge in [-0.25, -0.2) is 0 Å². The van der Waals surface area contributed by atoms with Crippen LogP contribution < -0.4 is 5.32 Å². The number of nitrogens with zero attached hydrogens (tertiary/aromatic N) is 1. The molecule has 5 heteroatoms. The number of hydrogen-bond donors (Lipinski definition) is 1. The molecule has 0 spiro atoms. The van der Waals surface area contributed by atoms with E-state index in [1.165, 1.54) is 0 Å². The normalized spacial score (nSPS) is 17.9. The molecule has 2 rings (SSSR count). The molecule has 1 aliphatic rings. The zero-order valence-electron chi connectivity index (χ0n) is 11.1. The highest BCUT2D eigenvalue weighted by Gasteiger charge is 2.39. The third-order valence-electron chi connectivity index (χ3n) is 3.78. The molecule has 1 N–H and O–H groups in total. The van der Waals surface area contributed by atoms with Gasteiger partial charge < -0.3 is 5.32 Å². The molecule has 1 aromatic rings. The van der Waals surface area contributed by atoms with Gasteiger partial charge in [0.2, 0.25) is 5.91 Å². The van der Waals surface area contributed by atoms with Gasteiger partial charge in [0.05, 0.1) is 11.8 Å². The van der Waals surface area contributed by atoms with E-state index in [1.807, 2.05) is 18.2 Å². The van der Waals surface area contributed by atoms with E-state index in [4.69, 9.17) is 0 Å². The average Bonchev–Trinajstić information content (AvgIpc) is 2.69. The highest BCUT2D eigenvalue weighted by atomic mass is 79.9. The van der Waals surface area contributed by atoms with Crippen LogP contribution in [0.15, 0.2) is 27.1 Å². The number of nitrogens with one attached hydrogen (secondary N) is 1. The molecule has 1 aliphatic carbocycles. The van der Waals surface area contributed by atoms with Crippen molar-refractivity contribution in [2.24, 2.45) is 5.41 Å². The summed E-state index contributed by atoms with van der Waals surface area (Å²) < 4.78 is 1.71. The molecule has 0 saturated heterocycles. The van der Waals surface area contributed by atoms with E-state index in [2.05, 4.69) is 43.2 Å². The van der Waals surface area contributed by atoms with E-state index in [1.54, 1.807) is 0 Å². The van der Waals surface area contributed by atoms with Crippen LogP contribution in [0.25, 0.3) is 0 Å². The maximum Gasteiger partial charge on any atom is 0.244 e. The van der Waals surface area contributed by atoms with Crippen molar-refractivity contribution in [3.05, 3.63) is 27.1 Å². The van der Waals surface area contributed by atoms with Crippen molar-refractivity contribution in [3.8, 4) is 6.07 Å². The predicted octanol–water partition coefficient (Wildman–Crippen LogP) is 5.01. The summed E-state index contributed by atoms with van der Waals surface area (Å²) >= 11 is 6.81. The van der Waals surface area contributed by atoms with Crippen LogP contribution in [0.1, 0.15) is 38.5 Å². The summed E-state index contributed by atoms with van der Waals surface area (Å²) in [5, 5.41) is 12.4. The SMILES string of the molecule is N#CC1(C(=O)Nc2cc(Br)ccc2Br)CCCCCC1. The molecule has 0 heterocycles. The van der Waals surface area contributed by atoms with Crippen LogP contribution in [0.3, 0.4) is 0 Å². The van der Waals surface area contributed by atoms with Crippen molar-refractivity contribution in [1.82, 2.24) is 0 Å². The minimum Gasteiger partial charge on any atom is -0.324 e. The zero-order valence-corrected chi connectivity index (χ0v) is 14.3. The first-order valence-corrected chi connectivity index (χ1v) is 8.34. The fourth-order valence-corrected chi connectivity index (χ4v) is 3.26. The zero-order chi connectivity index (χ0) is 14.6. The van der Waals surface area contributed by atoms with Gasteiger partial charge in [0, 0.05) is 8.95 Å². The van der Waals surface area contributed by atoms with Crippen LogP contribution in [0.4, 0.5) is 5.69 Å². The Labute approximate surface area is 136 Å². The van der Waals surface area contributed by atoms with E-state index < -0.39 is 5.41 Å². The Balaban J connectivity index is 2.21. The standard InChI is InChI=1S/C15H16Br2N2O/c16-11-5-6-12(17)13(9-11)19-14(20)15(10-18)7-3-1-2-4-8-15/h5-6,9H,1-4,7-8H2,(H,19,20). The summed E-state index contributed by atoms with van der Waals surface area (Å²) in [7, 11) is 0. The second-order valence-corrected chi connectivity index (χ2v) is 6.96. The maximum absolute atomic E-state index is 12.6. The number of benzene rings is 1. The van der Waals surface area contributed by atoms with Gasteiger partial charge in [-0.1, -0.05) is 41.6 Å². The van der Waals surface area contributed by atoms with Gasteiger partial charge in [0.15, 0.2) is 0 Å². The fraction of sp³-hybridized carbons (Fsp3) is 0.467. The van der Waals surface area contributed by atoms with Crippen LogP contribution >= 0.6 is 31.9 Å². The van der Waals surface area contributed by atoms with Gasteiger partial charge in [0.25, 0.3) is 0 Å². The molecule has 106 valence electrons. The number of amides is 1.